The van der Waals surface area contributed by atoms with Crippen molar-refractivity contribution in [3.63, 3.8) is 0 Å². The summed E-state index contributed by atoms with van der Waals surface area (Å²) in [5.74, 6) is -0.514. The lowest BCUT2D eigenvalue weighted by Crippen LogP contribution is -2.00. The number of carbonyl (C=O) groups excluding carboxylic acids is 1. The smallest absolute Gasteiger partial charge is 0.313 e. The molecule has 2 rings (SSSR count). The third-order valence-corrected chi connectivity index (χ3v) is 2.75. The van der Waals surface area contributed by atoms with Gasteiger partial charge in [-0.2, -0.15) is 0 Å². The third-order valence-electron chi connectivity index (χ3n) is 2.49. The van der Waals surface area contributed by atoms with E-state index in [0.29, 0.717) is 10.6 Å². The molecule has 2 aromatic carbocycles. The number of hydrogen-bond acceptors (Lipinski definition) is 3. The van der Waals surface area contributed by atoms with Gasteiger partial charge in [-0.1, -0.05) is 46.6 Å². The van der Waals surface area contributed by atoms with Gasteiger partial charge in [0.25, 0.3) is 0 Å². The first-order valence-corrected chi connectivity index (χ1v) is 6.10. The normalized spacial score (nSPS) is 10.6. The Hall–Kier alpha value is -2.13. The van der Waals surface area contributed by atoms with E-state index in [1.165, 1.54) is 6.21 Å². The molecule has 0 aliphatic carbocycles. The van der Waals surface area contributed by atoms with Crippen LogP contribution in [-0.4, -0.2) is 12.2 Å². The van der Waals surface area contributed by atoms with Gasteiger partial charge in [-0.3, -0.25) is 0 Å². The monoisotopic (exact) mass is 273 g/mol. The molecule has 19 heavy (non-hydrogen) atoms. The lowest BCUT2D eigenvalue weighted by Gasteiger charge is -1.98. The maximum absolute atomic E-state index is 11.6. The number of rotatable bonds is 3. The second-order valence-corrected chi connectivity index (χ2v) is 4.47. The number of oxime groups is 1. The van der Waals surface area contributed by atoms with Crippen LogP contribution in [0.3, 0.4) is 0 Å². The van der Waals surface area contributed by atoms with Crippen molar-refractivity contribution >= 4 is 23.8 Å². The van der Waals surface area contributed by atoms with Gasteiger partial charge in [0, 0.05) is 5.02 Å². The van der Waals surface area contributed by atoms with Crippen LogP contribution in [0.25, 0.3) is 0 Å². The Morgan fingerprint density at radius 2 is 1.74 bits per heavy atom. The molecule has 0 saturated heterocycles. The fourth-order valence-electron chi connectivity index (χ4n) is 1.43. The van der Waals surface area contributed by atoms with E-state index in [4.69, 9.17) is 16.4 Å². The second-order valence-electron chi connectivity index (χ2n) is 4.03. The molecule has 0 heterocycles. The molecule has 0 radical (unpaired) electrons. The van der Waals surface area contributed by atoms with Gasteiger partial charge >= 0.3 is 5.97 Å². The van der Waals surface area contributed by atoms with Crippen LogP contribution in [0.4, 0.5) is 0 Å². The summed E-state index contributed by atoms with van der Waals surface area (Å²) in [7, 11) is 0. The Balaban J connectivity index is 1.96. The molecule has 0 unspecified atom stereocenters. The highest BCUT2D eigenvalue weighted by atomic mass is 35.5. The molecule has 96 valence electrons. The number of carbonyl (C=O) groups is 1. The van der Waals surface area contributed by atoms with Crippen LogP contribution in [-0.2, 0) is 4.84 Å². The van der Waals surface area contributed by atoms with E-state index in [2.05, 4.69) is 5.16 Å². The Labute approximate surface area is 116 Å². The lowest BCUT2D eigenvalue weighted by molar-refractivity contribution is 0.0519. The van der Waals surface area contributed by atoms with Crippen LogP contribution < -0.4 is 0 Å². The third kappa shape index (κ3) is 3.93. The van der Waals surface area contributed by atoms with E-state index in [1.54, 1.807) is 24.3 Å². The van der Waals surface area contributed by atoms with Crippen molar-refractivity contribution in [3.8, 4) is 0 Å². The van der Waals surface area contributed by atoms with Crippen LogP contribution in [0.15, 0.2) is 53.7 Å². The van der Waals surface area contributed by atoms with Gasteiger partial charge in [0.1, 0.15) is 0 Å². The zero-order chi connectivity index (χ0) is 13.7. The zero-order valence-electron chi connectivity index (χ0n) is 10.3. The van der Waals surface area contributed by atoms with E-state index in [0.717, 1.165) is 11.1 Å². The fraction of sp³-hybridized carbons (Fsp3) is 0.0667. The summed E-state index contributed by atoms with van der Waals surface area (Å²) in [5, 5.41) is 4.23. The maximum Gasteiger partial charge on any atom is 0.365 e. The Kier molecular flexibility index (Phi) is 4.31. The topological polar surface area (TPSA) is 38.7 Å². The van der Waals surface area contributed by atoms with Crippen LogP contribution in [0, 0.1) is 6.92 Å². The van der Waals surface area contributed by atoms with Gasteiger partial charge in [0.05, 0.1) is 11.8 Å². The molecule has 3 nitrogen and oxygen atoms in total. The molecule has 2 aromatic rings. The molecular formula is C15H12ClNO2. The number of benzene rings is 2. The number of hydrogen-bond donors (Lipinski definition) is 0. The van der Waals surface area contributed by atoms with Gasteiger partial charge in [-0.25, -0.2) is 4.79 Å². The molecule has 0 N–H and O–H groups in total. The standard InChI is InChI=1S/C15H12ClNO2/c1-11-2-4-12(5-3-11)10-17-19-15(18)13-6-8-14(16)9-7-13/h2-10H,1H3. The Bertz CT molecular complexity index is 589. The molecule has 0 aliphatic heterocycles. The SMILES string of the molecule is Cc1ccc(C=NOC(=O)c2ccc(Cl)cc2)cc1. The highest BCUT2D eigenvalue weighted by molar-refractivity contribution is 6.30. The Morgan fingerprint density at radius 3 is 2.37 bits per heavy atom. The van der Waals surface area contributed by atoms with E-state index >= 15 is 0 Å². The molecule has 0 fully saturated rings. The van der Waals surface area contributed by atoms with Gasteiger partial charge in [0.15, 0.2) is 0 Å². The van der Waals surface area contributed by atoms with Crippen molar-refractivity contribution in [2.75, 3.05) is 0 Å². The minimum atomic E-state index is -0.514. The molecular weight excluding hydrogens is 262 g/mol. The molecule has 0 saturated carbocycles. The summed E-state index contributed by atoms with van der Waals surface area (Å²) < 4.78 is 0. The largest absolute Gasteiger partial charge is 0.365 e. The summed E-state index contributed by atoms with van der Waals surface area (Å²) in [6.45, 7) is 2.00. The molecule has 0 amide bonds. The van der Waals surface area contributed by atoms with Crippen molar-refractivity contribution in [1.82, 2.24) is 0 Å². The lowest BCUT2D eigenvalue weighted by atomic mass is 10.2. The van der Waals surface area contributed by atoms with Gasteiger partial charge in [0.2, 0.25) is 0 Å². The maximum atomic E-state index is 11.6. The van der Waals surface area contributed by atoms with Crippen molar-refractivity contribution in [3.05, 3.63) is 70.2 Å². The minimum Gasteiger partial charge on any atom is -0.313 e. The fourth-order valence-corrected chi connectivity index (χ4v) is 1.55. The predicted octanol–water partition coefficient (Wildman–Crippen LogP) is 3.84. The molecule has 0 atom stereocenters. The molecule has 0 bridgehead atoms. The first kappa shape index (κ1) is 13.3. The number of nitrogens with zero attached hydrogens (tertiary/aromatic N) is 1. The number of halogens is 1. The average Bonchev–Trinajstić information content (AvgIpc) is 2.41. The van der Waals surface area contributed by atoms with E-state index in [-0.39, 0.29) is 0 Å². The van der Waals surface area contributed by atoms with Crippen molar-refractivity contribution in [2.24, 2.45) is 5.16 Å². The summed E-state index contributed by atoms with van der Waals surface area (Å²) in [5.41, 5.74) is 2.44. The van der Waals surface area contributed by atoms with E-state index < -0.39 is 5.97 Å². The highest BCUT2D eigenvalue weighted by Crippen LogP contribution is 2.10. The molecule has 0 spiro atoms. The Morgan fingerprint density at radius 1 is 1.11 bits per heavy atom. The quantitative estimate of drug-likeness (QED) is 0.484. The summed E-state index contributed by atoms with van der Waals surface area (Å²) in [6, 6.07) is 14.1. The highest BCUT2D eigenvalue weighted by Gasteiger charge is 2.05. The van der Waals surface area contributed by atoms with Crippen molar-refractivity contribution in [2.45, 2.75) is 6.92 Å². The first-order chi connectivity index (χ1) is 9.15. The van der Waals surface area contributed by atoms with E-state index in [9.17, 15) is 4.79 Å². The molecule has 0 aliphatic rings. The first-order valence-electron chi connectivity index (χ1n) is 5.72. The van der Waals surface area contributed by atoms with E-state index in [1.807, 2.05) is 31.2 Å². The summed E-state index contributed by atoms with van der Waals surface area (Å²) in [6.07, 6.45) is 1.49. The zero-order valence-corrected chi connectivity index (χ0v) is 11.1. The molecule has 0 aromatic heterocycles. The number of aryl methyl sites for hydroxylation is 1. The van der Waals surface area contributed by atoms with Crippen LogP contribution in [0.5, 0.6) is 0 Å². The van der Waals surface area contributed by atoms with Crippen LogP contribution in [0.2, 0.25) is 5.02 Å². The second kappa shape index (κ2) is 6.16. The van der Waals surface area contributed by atoms with Crippen LogP contribution in [0.1, 0.15) is 21.5 Å². The summed E-state index contributed by atoms with van der Waals surface area (Å²) >= 11 is 5.73. The van der Waals surface area contributed by atoms with Crippen molar-refractivity contribution in [1.29, 1.82) is 0 Å². The molecule has 4 heteroatoms. The van der Waals surface area contributed by atoms with Crippen LogP contribution >= 0.6 is 11.6 Å². The van der Waals surface area contributed by atoms with Gasteiger partial charge in [-0.05, 0) is 36.8 Å². The average molecular weight is 274 g/mol. The van der Waals surface area contributed by atoms with Gasteiger partial charge in [-0.15, -0.1) is 0 Å². The minimum absolute atomic E-state index is 0.408. The summed E-state index contributed by atoms with van der Waals surface area (Å²) in [4.78, 5) is 16.4. The van der Waals surface area contributed by atoms with Crippen molar-refractivity contribution < 1.29 is 9.63 Å². The predicted molar refractivity (Wildman–Crippen MR) is 75.6 cm³/mol. The van der Waals surface area contributed by atoms with Gasteiger partial charge < -0.3 is 4.84 Å².